The van der Waals surface area contributed by atoms with Crippen molar-refractivity contribution in [2.45, 2.75) is 39.5 Å². The lowest BCUT2D eigenvalue weighted by Crippen LogP contribution is -2.28. The molecule has 0 spiro atoms. The van der Waals surface area contributed by atoms with Crippen LogP contribution in [0.15, 0.2) is 72.8 Å². The van der Waals surface area contributed by atoms with Gasteiger partial charge in [-0.05, 0) is 71.6 Å². The van der Waals surface area contributed by atoms with E-state index in [2.05, 4.69) is 31.4 Å². The SMILES string of the molecule is CC(=O)Nc1ccc(NC(=O)COC(=O)[C@H]2CC(=O)N(c3ccc(Oc4ccc(C(C)(C)C)cc4)cc3)C2)cc1. The second-order valence-corrected chi connectivity index (χ2v) is 10.7. The van der Waals surface area contributed by atoms with E-state index in [1.807, 2.05) is 24.3 Å². The summed E-state index contributed by atoms with van der Waals surface area (Å²) in [6.45, 7) is 7.56. The van der Waals surface area contributed by atoms with Crippen molar-refractivity contribution in [3.05, 3.63) is 78.4 Å². The number of esters is 1. The summed E-state index contributed by atoms with van der Waals surface area (Å²) < 4.78 is 11.1. The van der Waals surface area contributed by atoms with Gasteiger partial charge in [0.1, 0.15) is 11.5 Å². The average Bonchev–Trinajstić information content (AvgIpc) is 3.30. The van der Waals surface area contributed by atoms with Crippen molar-refractivity contribution in [1.82, 2.24) is 0 Å². The third kappa shape index (κ3) is 7.47. The van der Waals surface area contributed by atoms with Gasteiger partial charge in [0.05, 0.1) is 5.92 Å². The minimum Gasteiger partial charge on any atom is -0.457 e. The Morgan fingerprint density at radius 3 is 1.95 bits per heavy atom. The van der Waals surface area contributed by atoms with Crippen molar-refractivity contribution in [2.24, 2.45) is 5.92 Å². The van der Waals surface area contributed by atoms with E-state index in [4.69, 9.17) is 9.47 Å². The van der Waals surface area contributed by atoms with Crippen LogP contribution in [0.5, 0.6) is 11.5 Å². The summed E-state index contributed by atoms with van der Waals surface area (Å²) in [5, 5.41) is 5.26. The van der Waals surface area contributed by atoms with E-state index in [0.717, 1.165) is 0 Å². The minimum absolute atomic E-state index is 0.00341. The maximum absolute atomic E-state index is 12.6. The van der Waals surface area contributed by atoms with E-state index in [0.29, 0.717) is 28.6 Å². The van der Waals surface area contributed by atoms with Gasteiger partial charge in [0.25, 0.3) is 5.91 Å². The number of carbonyl (C=O) groups excluding carboxylic acids is 4. The molecule has 9 heteroatoms. The van der Waals surface area contributed by atoms with E-state index < -0.39 is 24.4 Å². The fourth-order valence-corrected chi connectivity index (χ4v) is 4.26. The lowest BCUT2D eigenvalue weighted by Gasteiger charge is -2.19. The van der Waals surface area contributed by atoms with Crippen LogP contribution in [0, 0.1) is 5.92 Å². The third-order valence-electron chi connectivity index (χ3n) is 6.40. The van der Waals surface area contributed by atoms with Crippen molar-refractivity contribution in [1.29, 1.82) is 0 Å². The van der Waals surface area contributed by atoms with E-state index in [9.17, 15) is 19.2 Å². The summed E-state index contributed by atoms with van der Waals surface area (Å²) in [4.78, 5) is 50.1. The molecule has 0 saturated carbocycles. The summed E-state index contributed by atoms with van der Waals surface area (Å²) >= 11 is 0. The first-order valence-corrected chi connectivity index (χ1v) is 13.0. The van der Waals surface area contributed by atoms with Gasteiger partial charge in [-0.15, -0.1) is 0 Å². The van der Waals surface area contributed by atoms with E-state index in [-0.39, 0.29) is 30.2 Å². The number of carbonyl (C=O) groups is 4. The molecule has 1 aliphatic heterocycles. The van der Waals surface area contributed by atoms with Crippen LogP contribution in [-0.2, 0) is 29.3 Å². The zero-order valence-electron chi connectivity index (χ0n) is 23.0. The lowest BCUT2D eigenvalue weighted by atomic mass is 9.87. The number of rotatable bonds is 8. The Morgan fingerprint density at radius 2 is 1.40 bits per heavy atom. The van der Waals surface area contributed by atoms with Crippen LogP contribution in [0.25, 0.3) is 0 Å². The first kappa shape index (κ1) is 28.4. The van der Waals surface area contributed by atoms with Gasteiger partial charge in [0.2, 0.25) is 11.8 Å². The molecule has 0 unspecified atom stereocenters. The first-order valence-electron chi connectivity index (χ1n) is 13.0. The number of nitrogens with one attached hydrogen (secondary N) is 2. The predicted octanol–water partition coefficient (Wildman–Crippen LogP) is 5.27. The molecule has 208 valence electrons. The molecular weight excluding hydrogens is 510 g/mol. The Kier molecular flexibility index (Phi) is 8.52. The standard InChI is InChI=1S/C31H33N3O6/c1-20(35)32-23-7-9-24(10-8-23)33-28(36)19-39-30(38)21-17-29(37)34(18-21)25-11-15-27(16-12-25)40-26-13-5-22(6-14-26)31(2,3)4/h5-16,21H,17-19H2,1-4H3,(H,32,35)(H,33,36)/t21-/m0/s1. The highest BCUT2D eigenvalue weighted by Gasteiger charge is 2.36. The normalized spacial score (nSPS) is 14.9. The molecule has 0 bridgehead atoms. The van der Waals surface area contributed by atoms with Crippen LogP contribution >= 0.6 is 0 Å². The molecule has 3 aromatic carbocycles. The smallest absolute Gasteiger partial charge is 0.311 e. The highest BCUT2D eigenvalue weighted by Crippen LogP contribution is 2.30. The molecule has 3 amide bonds. The Hall–Kier alpha value is -4.66. The maximum Gasteiger partial charge on any atom is 0.311 e. The van der Waals surface area contributed by atoms with Gasteiger partial charge in [0.15, 0.2) is 6.61 Å². The van der Waals surface area contributed by atoms with Crippen LogP contribution < -0.4 is 20.3 Å². The Bertz CT molecular complexity index is 1380. The molecule has 0 radical (unpaired) electrons. The second kappa shape index (κ2) is 12.0. The second-order valence-electron chi connectivity index (χ2n) is 10.7. The van der Waals surface area contributed by atoms with Crippen LogP contribution in [0.4, 0.5) is 17.1 Å². The minimum atomic E-state index is -0.672. The summed E-state index contributed by atoms with van der Waals surface area (Å²) in [6, 6.07) is 21.6. The average molecular weight is 544 g/mol. The quantitative estimate of drug-likeness (QED) is 0.374. The third-order valence-corrected chi connectivity index (χ3v) is 6.40. The van der Waals surface area contributed by atoms with Gasteiger partial charge >= 0.3 is 5.97 Å². The molecule has 1 heterocycles. The Morgan fingerprint density at radius 1 is 0.850 bits per heavy atom. The molecular formula is C31H33N3O6. The van der Waals surface area contributed by atoms with E-state index in [1.165, 1.54) is 17.4 Å². The molecule has 1 atom stereocenters. The van der Waals surface area contributed by atoms with Gasteiger partial charge < -0.3 is 25.0 Å². The zero-order chi connectivity index (χ0) is 28.9. The van der Waals surface area contributed by atoms with Gasteiger partial charge in [-0.2, -0.15) is 0 Å². The number of hydrogen-bond acceptors (Lipinski definition) is 6. The summed E-state index contributed by atoms with van der Waals surface area (Å²) in [7, 11) is 0. The number of anilines is 3. The van der Waals surface area contributed by atoms with Crippen LogP contribution in [0.3, 0.4) is 0 Å². The molecule has 9 nitrogen and oxygen atoms in total. The van der Waals surface area contributed by atoms with Crippen LogP contribution in [0.2, 0.25) is 0 Å². The van der Waals surface area contributed by atoms with Crippen molar-refractivity contribution in [3.8, 4) is 11.5 Å². The number of nitrogens with zero attached hydrogens (tertiary/aromatic N) is 1. The van der Waals surface area contributed by atoms with Crippen molar-refractivity contribution in [2.75, 3.05) is 28.7 Å². The molecule has 0 aromatic heterocycles. The fourth-order valence-electron chi connectivity index (χ4n) is 4.26. The van der Waals surface area contributed by atoms with Gasteiger partial charge in [-0.25, -0.2) is 0 Å². The maximum atomic E-state index is 12.6. The van der Waals surface area contributed by atoms with Crippen molar-refractivity contribution < 1.29 is 28.7 Å². The van der Waals surface area contributed by atoms with Crippen molar-refractivity contribution in [3.63, 3.8) is 0 Å². The van der Waals surface area contributed by atoms with Gasteiger partial charge in [0, 0.05) is 37.0 Å². The van der Waals surface area contributed by atoms with Gasteiger partial charge in [-0.3, -0.25) is 19.2 Å². The molecule has 40 heavy (non-hydrogen) atoms. The highest BCUT2D eigenvalue weighted by molar-refractivity contribution is 6.00. The molecule has 0 aliphatic carbocycles. The molecule has 4 rings (SSSR count). The molecule has 1 aliphatic rings. The van der Waals surface area contributed by atoms with Crippen LogP contribution in [-0.4, -0.2) is 36.8 Å². The summed E-state index contributed by atoms with van der Waals surface area (Å²) in [5.41, 5.74) is 3.01. The zero-order valence-corrected chi connectivity index (χ0v) is 23.0. The Balaban J connectivity index is 1.26. The molecule has 1 saturated heterocycles. The van der Waals surface area contributed by atoms with Crippen molar-refractivity contribution >= 4 is 40.8 Å². The van der Waals surface area contributed by atoms with E-state index >= 15 is 0 Å². The highest BCUT2D eigenvalue weighted by atomic mass is 16.5. The monoisotopic (exact) mass is 543 g/mol. The first-order chi connectivity index (χ1) is 19.0. The number of benzene rings is 3. The molecule has 1 fully saturated rings. The topological polar surface area (TPSA) is 114 Å². The summed E-state index contributed by atoms with van der Waals surface area (Å²) in [6.07, 6.45) is 0.00341. The predicted molar refractivity (Wildman–Crippen MR) is 152 cm³/mol. The fraction of sp³-hybridized carbons (Fsp3) is 0.290. The Labute approximate surface area is 233 Å². The molecule has 2 N–H and O–H groups in total. The van der Waals surface area contributed by atoms with Gasteiger partial charge in [-0.1, -0.05) is 32.9 Å². The largest absolute Gasteiger partial charge is 0.457 e. The summed E-state index contributed by atoms with van der Waals surface area (Å²) in [5.74, 6) is -0.836. The lowest BCUT2D eigenvalue weighted by molar-refractivity contribution is -0.151. The molecule has 3 aromatic rings. The number of hydrogen-bond donors (Lipinski definition) is 2. The number of amides is 3. The van der Waals surface area contributed by atoms with E-state index in [1.54, 1.807) is 48.5 Å². The van der Waals surface area contributed by atoms with Crippen LogP contribution in [0.1, 0.15) is 39.7 Å². The number of ether oxygens (including phenoxy) is 2.